The van der Waals surface area contributed by atoms with E-state index in [4.69, 9.17) is 5.73 Å². The molecule has 2 N–H and O–H groups in total. The van der Waals surface area contributed by atoms with Crippen molar-refractivity contribution in [3.63, 3.8) is 0 Å². The van der Waals surface area contributed by atoms with Gasteiger partial charge in [0.2, 0.25) is 0 Å². The predicted molar refractivity (Wildman–Crippen MR) is 39.6 cm³/mol. The molecule has 0 aliphatic heterocycles. The van der Waals surface area contributed by atoms with Gasteiger partial charge in [-0.15, -0.1) is 21.5 Å². The van der Waals surface area contributed by atoms with Gasteiger partial charge in [-0.3, -0.25) is 0 Å². The lowest BCUT2D eigenvalue weighted by Crippen LogP contribution is -1.93. The highest BCUT2D eigenvalue weighted by Gasteiger charge is 1.99. The molecule has 0 saturated carbocycles. The second-order valence-electron chi connectivity index (χ2n) is 1.81. The lowest BCUT2D eigenvalue weighted by atomic mass is 10.5. The first-order chi connectivity index (χ1) is 4.88. The number of fused-ring (bicyclic) bond motifs is 1. The van der Waals surface area contributed by atoms with E-state index in [1.807, 2.05) is 11.4 Å². The summed E-state index contributed by atoms with van der Waals surface area (Å²) in [4.78, 5) is 0. The molecule has 0 aliphatic rings. The van der Waals surface area contributed by atoms with Crippen LogP contribution in [0.5, 0.6) is 0 Å². The number of thiophene rings is 1. The fourth-order valence-corrected chi connectivity index (χ4v) is 1.46. The summed E-state index contributed by atoms with van der Waals surface area (Å²) in [6, 6.07) is 1.87. The maximum absolute atomic E-state index is 5.50. The van der Waals surface area contributed by atoms with Crippen molar-refractivity contribution >= 4 is 27.4 Å². The summed E-state index contributed by atoms with van der Waals surface area (Å²) < 4.78 is 0.912. The molecular weight excluding hydrogens is 148 g/mol. The number of nitrogens with two attached hydrogens (primary N) is 1. The lowest BCUT2D eigenvalue weighted by molar-refractivity contribution is 0.905. The summed E-state index contributed by atoms with van der Waals surface area (Å²) in [5.74, 6) is 0.458. The minimum atomic E-state index is 0.458. The third-order valence-electron chi connectivity index (χ3n) is 1.18. The zero-order chi connectivity index (χ0) is 6.97. The van der Waals surface area contributed by atoms with E-state index in [0.29, 0.717) is 5.82 Å². The smallest absolute Gasteiger partial charge is 0.167 e. The standard InChI is InChI=1S/C5H4N4S/c6-5-4-3(1-2-10-4)7-9-8-5/h1-2H,(H2,6,7,8). The Kier molecular flexibility index (Phi) is 1.04. The van der Waals surface area contributed by atoms with Gasteiger partial charge in [0.1, 0.15) is 5.52 Å². The van der Waals surface area contributed by atoms with E-state index in [9.17, 15) is 0 Å². The van der Waals surface area contributed by atoms with E-state index < -0.39 is 0 Å². The van der Waals surface area contributed by atoms with Crippen molar-refractivity contribution in [2.24, 2.45) is 0 Å². The molecular formula is C5H4N4S. The predicted octanol–water partition coefficient (Wildman–Crippen LogP) is 0.668. The van der Waals surface area contributed by atoms with Gasteiger partial charge in [-0.25, -0.2) is 0 Å². The largest absolute Gasteiger partial charge is 0.381 e. The summed E-state index contributed by atoms with van der Waals surface area (Å²) >= 11 is 1.52. The first-order valence-electron chi connectivity index (χ1n) is 2.70. The van der Waals surface area contributed by atoms with Gasteiger partial charge >= 0.3 is 0 Å². The van der Waals surface area contributed by atoms with Crippen molar-refractivity contribution in [1.82, 2.24) is 15.4 Å². The molecule has 0 spiro atoms. The van der Waals surface area contributed by atoms with Crippen LogP contribution in [0.15, 0.2) is 11.4 Å². The third kappa shape index (κ3) is 0.640. The number of hydrogen-bond donors (Lipinski definition) is 1. The van der Waals surface area contributed by atoms with Crippen molar-refractivity contribution in [2.45, 2.75) is 0 Å². The Morgan fingerprint density at radius 3 is 3.10 bits per heavy atom. The Morgan fingerprint density at radius 2 is 2.30 bits per heavy atom. The van der Waals surface area contributed by atoms with Gasteiger partial charge in [0.25, 0.3) is 0 Å². The van der Waals surface area contributed by atoms with Crippen LogP contribution in [0.3, 0.4) is 0 Å². The van der Waals surface area contributed by atoms with Crippen LogP contribution in [0.4, 0.5) is 5.82 Å². The van der Waals surface area contributed by atoms with E-state index in [2.05, 4.69) is 15.4 Å². The molecule has 0 radical (unpaired) electrons. The number of nitrogen functional groups attached to an aromatic ring is 1. The van der Waals surface area contributed by atoms with Gasteiger partial charge in [0.15, 0.2) is 5.82 Å². The van der Waals surface area contributed by atoms with Crippen LogP contribution in [-0.4, -0.2) is 15.4 Å². The fourth-order valence-electron chi connectivity index (χ4n) is 0.737. The summed E-state index contributed by atoms with van der Waals surface area (Å²) in [5, 5.41) is 12.8. The van der Waals surface area contributed by atoms with Crippen LogP contribution in [-0.2, 0) is 0 Å². The summed E-state index contributed by atoms with van der Waals surface area (Å²) in [6.45, 7) is 0. The van der Waals surface area contributed by atoms with Crippen LogP contribution >= 0.6 is 11.3 Å². The third-order valence-corrected chi connectivity index (χ3v) is 2.11. The second-order valence-corrected chi connectivity index (χ2v) is 2.73. The molecule has 0 saturated heterocycles. The average Bonchev–Trinajstić information content (AvgIpc) is 2.36. The molecule has 2 heterocycles. The minimum Gasteiger partial charge on any atom is -0.381 e. The van der Waals surface area contributed by atoms with Crippen molar-refractivity contribution in [3.8, 4) is 0 Å². The zero-order valence-corrected chi connectivity index (χ0v) is 5.80. The number of anilines is 1. The summed E-state index contributed by atoms with van der Waals surface area (Å²) in [5.41, 5.74) is 6.31. The van der Waals surface area contributed by atoms with E-state index in [1.165, 1.54) is 11.3 Å². The van der Waals surface area contributed by atoms with Crippen LogP contribution in [0.1, 0.15) is 0 Å². The Bertz CT molecular complexity index is 355. The Hall–Kier alpha value is -1.23. The Balaban J connectivity index is 2.95. The fraction of sp³-hybridized carbons (Fsp3) is 0. The highest BCUT2D eigenvalue weighted by atomic mass is 32.1. The van der Waals surface area contributed by atoms with Gasteiger partial charge in [0.05, 0.1) is 4.70 Å². The highest BCUT2D eigenvalue weighted by molar-refractivity contribution is 7.17. The Labute approximate surface area is 60.7 Å². The second kappa shape index (κ2) is 1.88. The average molecular weight is 152 g/mol. The van der Waals surface area contributed by atoms with Gasteiger partial charge in [-0.2, -0.15) is 0 Å². The molecule has 0 fully saturated rings. The summed E-state index contributed by atoms with van der Waals surface area (Å²) in [6.07, 6.45) is 0. The molecule has 2 rings (SSSR count). The van der Waals surface area contributed by atoms with Crippen molar-refractivity contribution < 1.29 is 0 Å². The van der Waals surface area contributed by atoms with E-state index in [-0.39, 0.29) is 0 Å². The highest BCUT2D eigenvalue weighted by Crippen LogP contribution is 2.20. The van der Waals surface area contributed by atoms with Crippen LogP contribution in [0, 0.1) is 0 Å². The van der Waals surface area contributed by atoms with Gasteiger partial charge < -0.3 is 5.73 Å². The molecule has 5 heteroatoms. The van der Waals surface area contributed by atoms with Crippen molar-refractivity contribution in [2.75, 3.05) is 5.73 Å². The van der Waals surface area contributed by atoms with Crippen molar-refractivity contribution in [1.29, 1.82) is 0 Å². The van der Waals surface area contributed by atoms with Crippen LogP contribution in [0.2, 0.25) is 0 Å². The molecule has 0 amide bonds. The SMILES string of the molecule is Nc1nnnc2ccsc12. The van der Waals surface area contributed by atoms with Crippen LogP contribution < -0.4 is 5.73 Å². The first-order valence-corrected chi connectivity index (χ1v) is 3.58. The number of rotatable bonds is 0. The molecule has 0 aliphatic carbocycles. The molecule has 4 nitrogen and oxygen atoms in total. The van der Waals surface area contributed by atoms with Crippen molar-refractivity contribution in [3.05, 3.63) is 11.4 Å². The van der Waals surface area contributed by atoms with E-state index in [1.54, 1.807) is 0 Å². The molecule has 2 aromatic rings. The molecule has 0 bridgehead atoms. The molecule has 2 aromatic heterocycles. The minimum absolute atomic E-state index is 0.458. The Morgan fingerprint density at radius 1 is 1.40 bits per heavy atom. The number of aromatic nitrogens is 3. The topological polar surface area (TPSA) is 64.7 Å². The monoisotopic (exact) mass is 152 g/mol. The first kappa shape index (κ1) is 5.55. The van der Waals surface area contributed by atoms with Gasteiger partial charge in [-0.05, 0) is 16.7 Å². The van der Waals surface area contributed by atoms with E-state index >= 15 is 0 Å². The maximum atomic E-state index is 5.50. The zero-order valence-electron chi connectivity index (χ0n) is 4.98. The van der Waals surface area contributed by atoms with Gasteiger partial charge in [0, 0.05) is 0 Å². The molecule has 0 atom stereocenters. The molecule has 10 heavy (non-hydrogen) atoms. The number of hydrogen-bond acceptors (Lipinski definition) is 5. The normalized spacial score (nSPS) is 10.4. The number of nitrogens with zero attached hydrogens (tertiary/aromatic N) is 3. The summed E-state index contributed by atoms with van der Waals surface area (Å²) in [7, 11) is 0. The molecule has 50 valence electrons. The lowest BCUT2D eigenvalue weighted by Gasteiger charge is -1.88. The molecule has 0 unspecified atom stereocenters. The van der Waals surface area contributed by atoms with Crippen LogP contribution in [0.25, 0.3) is 10.2 Å². The molecule has 0 aromatic carbocycles. The van der Waals surface area contributed by atoms with E-state index in [0.717, 1.165) is 10.2 Å². The quantitative estimate of drug-likeness (QED) is 0.602. The maximum Gasteiger partial charge on any atom is 0.167 e. The van der Waals surface area contributed by atoms with Gasteiger partial charge in [-0.1, -0.05) is 0 Å².